The van der Waals surface area contributed by atoms with E-state index in [0.717, 1.165) is 29.0 Å². The highest BCUT2D eigenvalue weighted by atomic mass is 35.5. The molecule has 2 aromatic heterocycles. The molecule has 3 aromatic rings. The van der Waals surface area contributed by atoms with Gasteiger partial charge in [0.25, 0.3) is 11.8 Å². The second-order valence-electron chi connectivity index (χ2n) is 11.3. The smallest absolute Gasteiger partial charge is 0.273 e. The summed E-state index contributed by atoms with van der Waals surface area (Å²) in [6.45, 7) is 9.89. The summed E-state index contributed by atoms with van der Waals surface area (Å²) in [6.07, 6.45) is 2.47. The van der Waals surface area contributed by atoms with Gasteiger partial charge in [0.05, 0.1) is 23.5 Å². The SMILES string of the molecule is C[C@@H]1Cc2nn3c(c2CCN1C(=O)c1cc(F)c(Cl)c(F)c1)C(=O)N([C@@H](C)c1ccc(C(C)(C)O)nc1)C[C@H]3C. The highest BCUT2D eigenvalue weighted by Gasteiger charge is 2.39. The number of carbonyl (C=O) groups is 2. The monoisotopic (exact) mass is 571 g/mol. The first kappa shape index (κ1) is 28.2. The minimum absolute atomic E-state index is 0.0706. The van der Waals surface area contributed by atoms with Gasteiger partial charge in [-0.25, -0.2) is 8.78 Å². The van der Waals surface area contributed by atoms with Crippen molar-refractivity contribution in [1.82, 2.24) is 24.6 Å². The number of nitrogens with zero attached hydrogens (tertiary/aromatic N) is 5. The first-order valence-corrected chi connectivity index (χ1v) is 13.7. The van der Waals surface area contributed by atoms with Gasteiger partial charge in [-0.3, -0.25) is 19.3 Å². The van der Waals surface area contributed by atoms with E-state index in [4.69, 9.17) is 16.7 Å². The van der Waals surface area contributed by atoms with Crippen LogP contribution in [0.25, 0.3) is 0 Å². The molecule has 0 radical (unpaired) electrons. The summed E-state index contributed by atoms with van der Waals surface area (Å²) in [5.41, 5.74) is 2.25. The maximum absolute atomic E-state index is 14.1. The number of pyridine rings is 1. The number of halogens is 3. The van der Waals surface area contributed by atoms with Crippen molar-refractivity contribution < 1.29 is 23.5 Å². The van der Waals surface area contributed by atoms with Crippen LogP contribution in [-0.4, -0.2) is 60.6 Å². The van der Waals surface area contributed by atoms with E-state index in [0.29, 0.717) is 30.8 Å². The number of carbonyl (C=O) groups excluding carboxylic acids is 2. The Labute approximate surface area is 236 Å². The molecule has 2 aliphatic heterocycles. The van der Waals surface area contributed by atoms with Crippen molar-refractivity contribution in [3.63, 3.8) is 0 Å². The number of fused-ring (bicyclic) bond motifs is 3. The van der Waals surface area contributed by atoms with Crippen LogP contribution in [0.5, 0.6) is 0 Å². The second kappa shape index (κ2) is 10.2. The summed E-state index contributed by atoms with van der Waals surface area (Å²) in [5, 5.41) is 14.4. The number of benzene rings is 1. The van der Waals surface area contributed by atoms with E-state index in [1.165, 1.54) is 0 Å². The van der Waals surface area contributed by atoms with E-state index in [9.17, 15) is 23.5 Å². The lowest BCUT2D eigenvalue weighted by molar-refractivity contribution is 0.0581. The topological polar surface area (TPSA) is 91.6 Å². The molecule has 40 heavy (non-hydrogen) atoms. The molecule has 0 unspecified atom stereocenters. The maximum atomic E-state index is 14.1. The summed E-state index contributed by atoms with van der Waals surface area (Å²) in [6, 6.07) is 4.89. The normalized spacial score (nSPS) is 20.2. The van der Waals surface area contributed by atoms with Gasteiger partial charge in [0.15, 0.2) is 0 Å². The molecule has 212 valence electrons. The number of hydrogen-bond acceptors (Lipinski definition) is 5. The van der Waals surface area contributed by atoms with E-state index < -0.39 is 28.2 Å². The van der Waals surface area contributed by atoms with Crippen molar-refractivity contribution in [2.45, 2.75) is 71.2 Å². The number of aliphatic hydroxyl groups is 1. The van der Waals surface area contributed by atoms with E-state index >= 15 is 0 Å². The summed E-state index contributed by atoms with van der Waals surface area (Å²) in [4.78, 5) is 34.9. The van der Waals surface area contributed by atoms with E-state index in [1.54, 1.807) is 40.6 Å². The molecular weight excluding hydrogens is 540 g/mol. The Morgan fingerprint density at radius 3 is 2.45 bits per heavy atom. The molecule has 5 rings (SSSR count). The predicted octanol–water partition coefficient (Wildman–Crippen LogP) is 4.84. The Morgan fingerprint density at radius 1 is 1.18 bits per heavy atom. The fraction of sp³-hybridized carbons (Fsp3) is 0.448. The molecule has 11 heteroatoms. The van der Waals surface area contributed by atoms with Crippen molar-refractivity contribution in [2.24, 2.45) is 0 Å². The predicted molar refractivity (Wildman–Crippen MR) is 145 cm³/mol. The van der Waals surface area contributed by atoms with Crippen LogP contribution in [0, 0.1) is 11.6 Å². The average molecular weight is 572 g/mol. The maximum Gasteiger partial charge on any atom is 0.273 e. The van der Waals surface area contributed by atoms with Gasteiger partial charge >= 0.3 is 0 Å². The standard InChI is InChI=1S/C29H32ClF2N5O3/c1-15-10-23-20(8-9-35(15)27(38)19-11-21(31)25(30)22(32)12-19)26-28(39)36(14-16(2)37(26)34-23)17(3)18-6-7-24(33-13-18)29(4,5)40/h6-7,11-13,15-17,40H,8-10,14H2,1-5H3/t15-,16-,17+/m1/s1. The van der Waals surface area contributed by atoms with E-state index in [1.807, 2.05) is 26.8 Å². The number of rotatable bonds is 4. The molecule has 0 spiro atoms. The molecule has 2 amide bonds. The van der Waals surface area contributed by atoms with Gasteiger partial charge in [-0.05, 0) is 64.8 Å². The van der Waals surface area contributed by atoms with Gasteiger partial charge in [-0.1, -0.05) is 17.7 Å². The lowest BCUT2D eigenvalue weighted by Gasteiger charge is -2.37. The van der Waals surface area contributed by atoms with Gasteiger partial charge in [-0.2, -0.15) is 5.10 Å². The molecule has 0 bridgehead atoms. The Balaban J connectivity index is 1.41. The van der Waals surface area contributed by atoms with Gasteiger partial charge in [-0.15, -0.1) is 0 Å². The molecule has 1 aromatic carbocycles. The summed E-state index contributed by atoms with van der Waals surface area (Å²) < 4.78 is 29.9. The third-order valence-electron chi connectivity index (χ3n) is 7.91. The fourth-order valence-corrected chi connectivity index (χ4v) is 5.70. The van der Waals surface area contributed by atoms with Crippen molar-refractivity contribution in [3.8, 4) is 0 Å². The van der Waals surface area contributed by atoms with Crippen LogP contribution in [0.2, 0.25) is 5.02 Å². The Morgan fingerprint density at radius 2 is 1.85 bits per heavy atom. The highest BCUT2D eigenvalue weighted by molar-refractivity contribution is 6.31. The first-order chi connectivity index (χ1) is 18.8. The van der Waals surface area contributed by atoms with Crippen LogP contribution in [0.3, 0.4) is 0 Å². The Hall–Kier alpha value is -3.37. The summed E-state index contributed by atoms with van der Waals surface area (Å²) in [7, 11) is 0. The van der Waals surface area contributed by atoms with Crippen molar-refractivity contribution in [3.05, 3.63) is 80.9 Å². The zero-order chi connectivity index (χ0) is 29.1. The lowest BCUT2D eigenvalue weighted by atomic mass is 10.00. The second-order valence-corrected chi connectivity index (χ2v) is 11.7. The Bertz CT molecular complexity index is 1460. The van der Waals surface area contributed by atoms with E-state index in [-0.39, 0.29) is 36.1 Å². The van der Waals surface area contributed by atoms with E-state index in [2.05, 4.69) is 4.98 Å². The van der Waals surface area contributed by atoms with Crippen molar-refractivity contribution in [2.75, 3.05) is 13.1 Å². The van der Waals surface area contributed by atoms with Crippen LogP contribution in [0.15, 0.2) is 30.5 Å². The molecule has 0 saturated carbocycles. The lowest BCUT2D eigenvalue weighted by Crippen LogP contribution is -2.44. The zero-order valence-corrected chi connectivity index (χ0v) is 23.8. The molecule has 0 saturated heterocycles. The summed E-state index contributed by atoms with van der Waals surface area (Å²) >= 11 is 5.60. The Kier molecular flexibility index (Phi) is 7.20. The molecule has 0 aliphatic carbocycles. The highest BCUT2D eigenvalue weighted by Crippen LogP contribution is 2.34. The van der Waals surface area contributed by atoms with Crippen LogP contribution in [0.4, 0.5) is 8.78 Å². The number of hydrogen-bond donors (Lipinski definition) is 1. The number of aromatic nitrogens is 3. The minimum Gasteiger partial charge on any atom is -0.384 e. The largest absolute Gasteiger partial charge is 0.384 e. The van der Waals surface area contributed by atoms with Gasteiger partial charge < -0.3 is 14.9 Å². The quantitative estimate of drug-likeness (QED) is 0.452. The van der Waals surface area contributed by atoms with Crippen molar-refractivity contribution in [1.29, 1.82) is 0 Å². The zero-order valence-electron chi connectivity index (χ0n) is 23.1. The molecular formula is C29H32ClF2N5O3. The third-order valence-corrected chi connectivity index (χ3v) is 8.27. The van der Waals surface area contributed by atoms with Crippen LogP contribution in [0.1, 0.15) is 90.1 Å². The minimum atomic E-state index is -1.07. The van der Waals surface area contributed by atoms with Gasteiger partial charge in [0.1, 0.15) is 28.0 Å². The third kappa shape index (κ3) is 4.88. The molecule has 2 aliphatic rings. The first-order valence-electron chi connectivity index (χ1n) is 13.3. The van der Waals surface area contributed by atoms with Crippen LogP contribution >= 0.6 is 11.6 Å². The van der Waals surface area contributed by atoms with Crippen molar-refractivity contribution >= 4 is 23.4 Å². The molecule has 0 fully saturated rings. The van der Waals surface area contributed by atoms with Crippen LogP contribution in [-0.2, 0) is 18.4 Å². The molecule has 1 N–H and O–H groups in total. The van der Waals surface area contributed by atoms with Gasteiger partial charge in [0, 0.05) is 42.9 Å². The van der Waals surface area contributed by atoms with Gasteiger partial charge in [0.2, 0.25) is 0 Å². The molecule has 3 atom stereocenters. The summed E-state index contributed by atoms with van der Waals surface area (Å²) in [5.74, 6) is -2.64. The van der Waals surface area contributed by atoms with Crippen LogP contribution < -0.4 is 0 Å². The number of amides is 2. The fourth-order valence-electron chi connectivity index (χ4n) is 5.59. The molecule has 8 nitrogen and oxygen atoms in total. The average Bonchev–Trinajstić information content (AvgIpc) is 3.18. The molecule has 4 heterocycles.